The molecule has 2 nitrogen and oxygen atoms in total. The van der Waals surface area contributed by atoms with Gasteiger partial charge in [-0.1, -0.05) is 169 Å². The lowest BCUT2D eigenvalue weighted by Crippen LogP contribution is -2.36. The molecule has 0 saturated carbocycles. The molecule has 0 bridgehead atoms. The van der Waals surface area contributed by atoms with Gasteiger partial charge in [0.1, 0.15) is 0 Å². The SMILES string of the molecule is CCCCCCCCC1=C(c2cc(CCCC)cc(CCCC)c2)[N+](=[N-])C(c2cc(C[Si](CC)(CC)CC)cc(C[Si](CC)(CC)CC)c2)=C1CCCC. The molecule has 4 heteroatoms. The van der Waals surface area contributed by atoms with Crippen LogP contribution in [-0.2, 0) is 24.9 Å². The third-order valence-corrected chi connectivity index (χ3v) is 25.2. The molecule has 1 heterocycles. The Morgan fingerprint density at radius 2 is 0.722 bits per heavy atom. The van der Waals surface area contributed by atoms with Gasteiger partial charge in [-0.25, -0.2) is 4.70 Å². The van der Waals surface area contributed by atoms with Crippen LogP contribution in [-0.4, -0.2) is 20.8 Å². The maximum atomic E-state index is 12.9. The standard InChI is InChI=1S/C50H84N2Si2/c1-11-21-25-26-27-28-32-48-47(31-24-14-4)50(52(51)49(48)45-35-41(29-22-12-2)33-42(36-45)30-23-13-3)46-37-43(39-53(15-5,16-6)17-7)34-44(38-46)40-54(18-8,19-9)20-10/h33-38H,11-32,39-40H2,1-10H3. The van der Waals surface area contributed by atoms with E-state index >= 15 is 0 Å². The van der Waals surface area contributed by atoms with Crippen molar-refractivity contribution in [2.45, 2.75) is 220 Å². The summed E-state index contributed by atoms with van der Waals surface area (Å²) in [5.74, 6) is 0. The number of unbranched alkanes of at least 4 members (excludes halogenated alkanes) is 8. The van der Waals surface area contributed by atoms with E-state index in [0.29, 0.717) is 0 Å². The molecule has 1 aliphatic heterocycles. The Bertz CT molecular complexity index is 1420. The molecule has 0 fully saturated rings. The summed E-state index contributed by atoms with van der Waals surface area (Å²) < 4.78 is 1.72. The lowest BCUT2D eigenvalue weighted by molar-refractivity contribution is -0.345. The van der Waals surface area contributed by atoms with Crippen molar-refractivity contribution in [1.82, 2.24) is 0 Å². The van der Waals surface area contributed by atoms with Gasteiger partial charge in [0.2, 0.25) is 11.4 Å². The average Bonchev–Trinajstić information content (AvgIpc) is 3.47. The summed E-state index contributed by atoms with van der Waals surface area (Å²) in [4.78, 5) is 0. The van der Waals surface area contributed by atoms with E-state index in [0.717, 1.165) is 49.9 Å². The van der Waals surface area contributed by atoms with Gasteiger partial charge in [-0.05, 0) is 110 Å². The van der Waals surface area contributed by atoms with Crippen molar-refractivity contribution < 1.29 is 4.70 Å². The summed E-state index contributed by atoms with van der Waals surface area (Å²) in [5, 5.41) is 0. The van der Waals surface area contributed by atoms with Crippen LogP contribution < -0.4 is 0 Å². The van der Waals surface area contributed by atoms with Gasteiger partial charge in [-0.3, -0.25) is 0 Å². The lowest BCUT2D eigenvalue weighted by Gasteiger charge is -2.30. The lowest BCUT2D eigenvalue weighted by atomic mass is 9.90. The van der Waals surface area contributed by atoms with Gasteiger partial charge in [0, 0.05) is 22.3 Å². The predicted molar refractivity (Wildman–Crippen MR) is 247 cm³/mol. The number of rotatable bonds is 28. The van der Waals surface area contributed by atoms with Crippen LogP contribution in [0.1, 0.15) is 193 Å². The van der Waals surface area contributed by atoms with Crippen molar-refractivity contribution in [3.8, 4) is 0 Å². The molecule has 0 radical (unpaired) electrons. The molecule has 0 aromatic heterocycles. The second-order valence-electron chi connectivity index (χ2n) is 17.3. The van der Waals surface area contributed by atoms with Gasteiger partial charge in [-0.2, -0.15) is 0 Å². The van der Waals surface area contributed by atoms with Crippen molar-refractivity contribution in [3.05, 3.63) is 86.5 Å². The highest BCUT2D eigenvalue weighted by molar-refractivity contribution is 6.79. The fourth-order valence-corrected chi connectivity index (χ4v) is 16.0. The summed E-state index contributed by atoms with van der Waals surface area (Å²) in [6.07, 6.45) is 19.2. The molecular weight excluding hydrogens is 685 g/mol. The number of allylic oxidation sites excluding steroid dienone is 2. The highest BCUT2D eigenvalue weighted by Gasteiger charge is 2.37. The second kappa shape index (κ2) is 23.9. The molecule has 0 aliphatic carbocycles. The molecule has 54 heavy (non-hydrogen) atoms. The van der Waals surface area contributed by atoms with E-state index in [1.54, 1.807) is 4.70 Å². The van der Waals surface area contributed by atoms with Gasteiger partial charge in [0.25, 0.3) is 0 Å². The Labute approximate surface area is 337 Å². The van der Waals surface area contributed by atoms with E-state index in [-0.39, 0.29) is 0 Å². The van der Waals surface area contributed by atoms with Gasteiger partial charge in [0.05, 0.1) is 16.1 Å². The smallest absolute Gasteiger partial charge is 0.211 e. The number of aryl methyl sites for hydroxylation is 2. The molecule has 0 saturated heterocycles. The van der Waals surface area contributed by atoms with Crippen LogP contribution >= 0.6 is 0 Å². The molecule has 302 valence electrons. The van der Waals surface area contributed by atoms with Crippen LogP contribution in [0.5, 0.6) is 0 Å². The maximum Gasteiger partial charge on any atom is 0.211 e. The first-order valence-electron chi connectivity index (χ1n) is 23.4. The van der Waals surface area contributed by atoms with Crippen molar-refractivity contribution >= 4 is 27.5 Å². The molecule has 3 rings (SSSR count). The third kappa shape index (κ3) is 12.5. The number of hydrogen-bond acceptors (Lipinski definition) is 0. The quantitative estimate of drug-likeness (QED) is 0.0468. The Morgan fingerprint density at radius 3 is 1.13 bits per heavy atom. The molecule has 0 spiro atoms. The fourth-order valence-electron chi connectivity index (χ4n) is 9.39. The molecular formula is C50H84N2Si2. The monoisotopic (exact) mass is 769 g/mol. The molecule has 0 N–H and O–H groups in total. The Morgan fingerprint density at radius 1 is 0.389 bits per heavy atom. The summed E-state index contributed by atoms with van der Waals surface area (Å²) in [7, 11) is -2.84. The van der Waals surface area contributed by atoms with Crippen LogP contribution in [0.3, 0.4) is 0 Å². The van der Waals surface area contributed by atoms with Gasteiger partial charge in [0.15, 0.2) is 0 Å². The number of benzene rings is 2. The molecule has 0 amide bonds. The van der Waals surface area contributed by atoms with E-state index < -0.39 is 16.1 Å². The zero-order valence-electron chi connectivity index (χ0n) is 37.3. The van der Waals surface area contributed by atoms with E-state index in [9.17, 15) is 5.53 Å². The van der Waals surface area contributed by atoms with Crippen LogP contribution in [0.15, 0.2) is 47.5 Å². The van der Waals surface area contributed by atoms with Crippen molar-refractivity contribution in [3.63, 3.8) is 0 Å². The van der Waals surface area contributed by atoms with Crippen LogP contribution in [0.2, 0.25) is 36.3 Å². The highest BCUT2D eigenvalue weighted by atomic mass is 28.3. The minimum absolute atomic E-state index is 1.03. The van der Waals surface area contributed by atoms with Gasteiger partial charge < -0.3 is 5.53 Å². The molecule has 1 aliphatic rings. The Hall–Kier alpha value is -2.05. The van der Waals surface area contributed by atoms with Crippen LogP contribution in [0.25, 0.3) is 16.9 Å². The van der Waals surface area contributed by atoms with Crippen molar-refractivity contribution in [1.29, 1.82) is 0 Å². The minimum Gasteiger partial charge on any atom is -0.493 e. The van der Waals surface area contributed by atoms with E-state index in [2.05, 4.69) is 106 Å². The van der Waals surface area contributed by atoms with E-state index in [1.165, 1.54) is 157 Å². The summed E-state index contributed by atoms with van der Waals surface area (Å²) in [5.41, 5.74) is 26.4. The summed E-state index contributed by atoms with van der Waals surface area (Å²) in [6, 6.07) is 25.6. The first-order chi connectivity index (χ1) is 26.2. The van der Waals surface area contributed by atoms with Crippen LogP contribution in [0.4, 0.5) is 0 Å². The molecule has 2 aromatic carbocycles. The Balaban J connectivity index is 2.33. The summed E-state index contributed by atoms with van der Waals surface area (Å²) >= 11 is 0. The second-order valence-corrected chi connectivity index (χ2v) is 28.3. The molecule has 0 atom stereocenters. The minimum atomic E-state index is -1.42. The van der Waals surface area contributed by atoms with Crippen molar-refractivity contribution in [2.75, 3.05) is 0 Å². The first-order valence-corrected chi connectivity index (χ1v) is 29.0. The summed E-state index contributed by atoms with van der Waals surface area (Å²) in [6.45, 7) is 24.0. The number of nitrogens with zero attached hydrogens (tertiary/aromatic N) is 2. The maximum absolute atomic E-state index is 12.9. The van der Waals surface area contributed by atoms with Crippen LogP contribution in [0, 0.1) is 0 Å². The number of hydrogen-bond donors (Lipinski definition) is 0. The zero-order valence-corrected chi connectivity index (χ0v) is 39.3. The molecule has 2 aromatic rings. The average molecular weight is 769 g/mol. The highest BCUT2D eigenvalue weighted by Crippen LogP contribution is 2.46. The van der Waals surface area contributed by atoms with E-state index in [1.807, 2.05) is 0 Å². The molecule has 0 unspecified atom stereocenters. The topological polar surface area (TPSA) is 25.3 Å². The predicted octanol–water partition coefficient (Wildman–Crippen LogP) is 16.7. The van der Waals surface area contributed by atoms with Gasteiger partial charge in [-0.15, -0.1) is 0 Å². The Kier molecular flexibility index (Phi) is 20.5. The third-order valence-electron chi connectivity index (χ3n) is 13.9. The van der Waals surface area contributed by atoms with Crippen molar-refractivity contribution in [2.24, 2.45) is 0 Å². The zero-order chi connectivity index (χ0) is 39.6. The normalized spacial score (nSPS) is 13.9. The fraction of sp³-hybridized carbons (Fsp3) is 0.680. The van der Waals surface area contributed by atoms with E-state index in [4.69, 9.17) is 0 Å². The first kappa shape index (κ1) is 46.3. The van der Waals surface area contributed by atoms with Gasteiger partial charge >= 0.3 is 0 Å². The largest absolute Gasteiger partial charge is 0.493 e.